The van der Waals surface area contributed by atoms with Gasteiger partial charge in [-0.2, -0.15) is 0 Å². The first kappa shape index (κ1) is 20.7. The van der Waals surface area contributed by atoms with Crippen LogP contribution in [0.25, 0.3) is 0 Å². The molecule has 2 aliphatic rings. The molecule has 0 bridgehead atoms. The van der Waals surface area contributed by atoms with E-state index in [1.807, 2.05) is 48.4 Å². The molecule has 0 saturated carbocycles. The molecule has 2 aromatic rings. The van der Waals surface area contributed by atoms with E-state index in [1.54, 1.807) is 0 Å². The summed E-state index contributed by atoms with van der Waals surface area (Å²) in [7, 11) is 0. The van der Waals surface area contributed by atoms with E-state index in [-0.39, 0.29) is 11.8 Å². The molecule has 6 heteroatoms. The number of fused-ring (bicyclic) bond motifs is 1. The minimum Gasteiger partial charge on any atom is -0.351 e. The second-order valence-corrected chi connectivity index (χ2v) is 8.85. The number of rotatable bonds is 6. The van der Waals surface area contributed by atoms with Gasteiger partial charge in [-0.25, -0.2) is 0 Å². The lowest BCUT2D eigenvalue weighted by Crippen LogP contribution is -2.37. The van der Waals surface area contributed by atoms with Crippen LogP contribution in [0.15, 0.2) is 53.1 Å². The lowest BCUT2D eigenvalue weighted by atomic mass is 9.94. The van der Waals surface area contributed by atoms with E-state index < -0.39 is 0 Å². The van der Waals surface area contributed by atoms with Crippen molar-refractivity contribution in [3.05, 3.63) is 70.6 Å². The summed E-state index contributed by atoms with van der Waals surface area (Å²) in [6.07, 6.45) is 7.77. The quantitative estimate of drug-likeness (QED) is 0.721. The summed E-state index contributed by atoms with van der Waals surface area (Å²) < 4.78 is 0. The highest BCUT2D eigenvalue weighted by Crippen LogP contribution is 2.27. The number of allylic oxidation sites excluding steroid dienone is 1. The van der Waals surface area contributed by atoms with Gasteiger partial charge in [-0.05, 0) is 61.4 Å². The van der Waals surface area contributed by atoms with Gasteiger partial charge in [0.25, 0.3) is 0 Å². The molecular weight excluding hydrogens is 394 g/mol. The van der Waals surface area contributed by atoms with Gasteiger partial charge in [-0.15, -0.1) is 11.8 Å². The Kier molecular flexibility index (Phi) is 6.53. The van der Waals surface area contributed by atoms with Crippen LogP contribution in [0.4, 0.5) is 0 Å². The first-order valence-electron chi connectivity index (χ1n) is 10.5. The van der Waals surface area contributed by atoms with E-state index in [1.165, 1.54) is 17.3 Å². The van der Waals surface area contributed by atoms with Gasteiger partial charge in [0.1, 0.15) is 0 Å². The molecule has 30 heavy (non-hydrogen) atoms. The summed E-state index contributed by atoms with van der Waals surface area (Å²) >= 11 is 1.54. The van der Waals surface area contributed by atoms with Crippen molar-refractivity contribution in [2.75, 3.05) is 12.3 Å². The summed E-state index contributed by atoms with van der Waals surface area (Å²) in [5, 5.41) is 3.05. The number of amides is 2. The molecule has 0 radical (unpaired) electrons. The number of thioether (sulfide) groups is 1. The Labute approximate surface area is 182 Å². The van der Waals surface area contributed by atoms with Crippen LogP contribution < -0.4 is 5.32 Å². The maximum atomic E-state index is 12.7. The molecule has 0 unspecified atom stereocenters. The smallest absolute Gasteiger partial charge is 0.249 e. The van der Waals surface area contributed by atoms with Crippen molar-refractivity contribution in [2.24, 2.45) is 0 Å². The molecule has 5 nitrogen and oxygen atoms in total. The number of carbonyl (C=O) groups is 2. The Bertz CT molecular complexity index is 972. The van der Waals surface area contributed by atoms with Crippen molar-refractivity contribution in [1.82, 2.24) is 15.2 Å². The summed E-state index contributed by atoms with van der Waals surface area (Å²) in [6, 6.07) is 9.94. The zero-order valence-corrected chi connectivity index (χ0v) is 18.1. The van der Waals surface area contributed by atoms with Crippen LogP contribution in [0.1, 0.15) is 41.6 Å². The topological polar surface area (TPSA) is 62.3 Å². The Balaban J connectivity index is 1.38. The molecule has 0 atom stereocenters. The lowest BCUT2D eigenvalue weighted by molar-refractivity contribution is -0.128. The minimum atomic E-state index is 0.0154. The largest absolute Gasteiger partial charge is 0.351 e. The molecule has 0 spiro atoms. The van der Waals surface area contributed by atoms with Gasteiger partial charge < -0.3 is 10.2 Å². The number of nitrogens with zero attached hydrogens (tertiary/aromatic N) is 2. The normalized spacial score (nSPS) is 15.5. The Morgan fingerprint density at radius 1 is 1.20 bits per heavy atom. The Morgan fingerprint density at radius 2 is 2.03 bits per heavy atom. The molecule has 2 amide bonds. The highest BCUT2D eigenvalue weighted by molar-refractivity contribution is 8.00. The van der Waals surface area contributed by atoms with Gasteiger partial charge in [0.15, 0.2) is 0 Å². The van der Waals surface area contributed by atoms with E-state index in [0.29, 0.717) is 18.8 Å². The van der Waals surface area contributed by atoms with Gasteiger partial charge in [0.2, 0.25) is 11.8 Å². The van der Waals surface area contributed by atoms with E-state index in [4.69, 9.17) is 0 Å². The highest BCUT2D eigenvalue weighted by Gasteiger charge is 2.26. The van der Waals surface area contributed by atoms with E-state index >= 15 is 0 Å². The van der Waals surface area contributed by atoms with Crippen molar-refractivity contribution in [3.8, 4) is 0 Å². The van der Waals surface area contributed by atoms with Crippen LogP contribution in [0.5, 0.6) is 0 Å². The molecule has 2 heterocycles. The summed E-state index contributed by atoms with van der Waals surface area (Å²) in [5.41, 5.74) is 5.34. The summed E-state index contributed by atoms with van der Waals surface area (Å²) in [5.74, 6) is 0.580. The van der Waals surface area contributed by atoms with E-state index in [2.05, 4.69) is 16.4 Å². The van der Waals surface area contributed by atoms with E-state index in [9.17, 15) is 9.59 Å². The van der Waals surface area contributed by atoms with Gasteiger partial charge in [-0.3, -0.25) is 14.6 Å². The number of hydrogen-bond acceptors (Lipinski definition) is 4. The second-order valence-electron chi connectivity index (χ2n) is 7.80. The molecule has 0 saturated heterocycles. The number of benzene rings is 1. The first-order chi connectivity index (χ1) is 14.6. The third-order valence-electron chi connectivity index (χ3n) is 5.77. The summed E-state index contributed by atoms with van der Waals surface area (Å²) in [6.45, 7) is 3.79. The summed E-state index contributed by atoms with van der Waals surface area (Å²) in [4.78, 5) is 32.7. The van der Waals surface area contributed by atoms with Gasteiger partial charge in [0, 0.05) is 42.0 Å². The number of pyridine rings is 1. The van der Waals surface area contributed by atoms with Gasteiger partial charge in [0.05, 0.1) is 5.75 Å². The average Bonchev–Trinajstić information content (AvgIpc) is 3.32. The third-order valence-corrected chi connectivity index (χ3v) is 6.79. The zero-order valence-electron chi connectivity index (χ0n) is 17.3. The molecule has 1 aromatic heterocycles. The Morgan fingerprint density at radius 3 is 2.80 bits per heavy atom. The SMILES string of the molecule is Cc1ncc2c(c1CNC(=O)CSc1ccccc1)CCN(C(=O)C1=CCCC1)C2. The fourth-order valence-corrected chi connectivity index (χ4v) is 4.85. The first-order valence-corrected chi connectivity index (χ1v) is 11.5. The fourth-order valence-electron chi connectivity index (χ4n) is 4.10. The molecule has 1 N–H and O–H groups in total. The van der Waals surface area contributed by atoms with Gasteiger partial charge in [-0.1, -0.05) is 24.3 Å². The van der Waals surface area contributed by atoms with Crippen molar-refractivity contribution >= 4 is 23.6 Å². The Hall–Kier alpha value is -2.60. The van der Waals surface area contributed by atoms with Crippen LogP contribution in [0.2, 0.25) is 0 Å². The number of aryl methyl sites for hydroxylation is 1. The predicted molar refractivity (Wildman–Crippen MR) is 119 cm³/mol. The molecule has 4 rings (SSSR count). The number of hydrogen-bond donors (Lipinski definition) is 1. The van der Waals surface area contributed by atoms with Crippen molar-refractivity contribution in [2.45, 2.75) is 50.6 Å². The average molecular weight is 422 g/mol. The fraction of sp³-hybridized carbons (Fsp3) is 0.375. The van der Waals surface area contributed by atoms with Crippen LogP contribution >= 0.6 is 11.8 Å². The highest BCUT2D eigenvalue weighted by atomic mass is 32.2. The molecule has 1 aliphatic heterocycles. The molecule has 1 aromatic carbocycles. The lowest BCUT2D eigenvalue weighted by Gasteiger charge is -2.31. The maximum absolute atomic E-state index is 12.7. The van der Waals surface area contributed by atoms with E-state index in [0.717, 1.165) is 59.5 Å². The standard InChI is InChI=1S/C24H27N3O2S/c1-17-22(14-26-23(28)16-30-20-9-3-2-4-10-20)21-11-12-27(15-19(21)13-25-17)24(29)18-7-5-6-8-18/h2-4,7,9-10,13H,5-6,8,11-12,14-16H2,1H3,(H,26,28). The molecule has 156 valence electrons. The van der Waals surface area contributed by atoms with Crippen molar-refractivity contribution < 1.29 is 9.59 Å². The predicted octanol–water partition coefficient (Wildman–Crippen LogP) is 3.79. The molecule has 0 fully saturated rings. The monoisotopic (exact) mass is 421 g/mol. The van der Waals surface area contributed by atoms with Crippen LogP contribution in [0, 0.1) is 6.92 Å². The zero-order chi connectivity index (χ0) is 20.9. The minimum absolute atomic E-state index is 0.0154. The second kappa shape index (κ2) is 9.47. The third kappa shape index (κ3) is 4.75. The number of nitrogens with one attached hydrogen (secondary N) is 1. The maximum Gasteiger partial charge on any atom is 0.249 e. The van der Waals surface area contributed by atoms with Crippen molar-refractivity contribution in [3.63, 3.8) is 0 Å². The van der Waals surface area contributed by atoms with Gasteiger partial charge >= 0.3 is 0 Å². The number of aromatic nitrogens is 1. The van der Waals surface area contributed by atoms with Crippen LogP contribution in [0.3, 0.4) is 0 Å². The molecular formula is C24H27N3O2S. The van der Waals surface area contributed by atoms with Crippen molar-refractivity contribution in [1.29, 1.82) is 0 Å². The van der Waals surface area contributed by atoms with Crippen LogP contribution in [-0.2, 0) is 29.1 Å². The molecule has 1 aliphatic carbocycles. The number of carbonyl (C=O) groups excluding carboxylic acids is 2. The van der Waals surface area contributed by atoms with Crippen LogP contribution in [-0.4, -0.2) is 34.0 Å².